The number of aliphatic carboxylic acids is 2. The minimum atomic E-state index is -2.84. The van der Waals surface area contributed by atoms with Crippen LogP contribution in [0.1, 0.15) is 48.7 Å². The summed E-state index contributed by atoms with van der Waals surface area (Å²) in [6.07, 6.45) is 4.01. The molecular weight excluding hydrogens is 1040 g/mol. The second-order valence-corrected chi connectivity index (χ2v) is 17.7. The molecule has 0 saturated carbocycles. The number of halogens is 3. The number of hydrogen-bond donors (Lipinski definition) is 11. The molecular formula is C39H51CaCl2FN13O14P. The van der Waals surface area contributed by atoms with Crippen LogP contribution in [0.15, 0.2) is 66.7 Å². The number of fused-ring (bicyclic) bond motifs is 1. The number of aromatic nitrogens is 6. The van der Waals surface area contributed by atoms with Gasteiger partial charge in [0.2, 0.25) is 18.2 Å². The summed E-state index contributed by atoms with van der Waals surface area (Å²) in [5, 5.41) is 29.2. The Labute approximate surface area is 440 Å². The van der Waals surface area contributed by atoms with Crippen molar-refractivity contribution in [2.24, 2.45) is 0 Å². The Morgan fingerprint density at radius 2 is 1.72 bits per heavy atom. The van der Waals surface area contributed by atoms with E-state index in [1.807, 2.05) is 9.97 Å². The molecule has 2 fully saturated rings. The first-order valence-corrected chi connectivity index (χ1v) is 23.8. The number of nitrogens with one attached hydrogen (secondary N) is 8. The van der Waals surface area contributed by atoms with E-state index in [-0.39, 0.29) is 79.3 Å². The van der Waals surface area contributed by atoms with Crippen LogP contribution < -0.4 is 59.7 Å². The van der Waals surface area contributed by atoms with Gasteiger partial charge in [0.15, 0.2) is 11.5 Å². The zero-order valence-corrected chi connectivity index (χ0v) is 42.3. The number of hydrogen-bond acceptors (Lipinski definition) is 16. The van der Waals surface area contributed by atoms with Gasteiger partial charge in [-0.3, -0.25) is 52.9 Å². The number of rotatable bonds is 16. The molecule has 2 radical (unpaired) electrons. The third-order valence-electron chi connectivity index (χ3n) is 9.91. The summed E-state index contributed by atoms with van der Waals surface area (Å²) < 4.78 is 38.3. The number of carbonyl (C=O) groups excluding carboxylic acids is 2. The van der Waals surface area contributed by atoms with Gasteiger partial charge in [-0.25, -0.2) is 24.1 Å². The number of ether oxygens (including phenoxy) is 1. The molecule has 4 atom stereocenters. The van der Waals surface area contributed by atoms with E-state index in [1.54, 1.807) is 16.8 Å². The minimum absolute atomic E-state index is 0. The van der Waals surface area contributed by atoms with E-state index in [9.17, 15) is 57.2 Å². The monoisotopic (exact) mass is 1090 g/mol. The van der Waals surface area contributed by atoms with Crippen molar-refractivity contribution in [3.05, 3.63) is 106 Å². The topological polar surface area (TPSA) is 391 Å². The van der Waals surface area contributed by atoms with Gasteiger partial charge in [-0.1, -0.05) is 0 Å². The smallest absolute Gasteiger partial charge is 0.343 e. The second-order valence-electron chi connectivity index (χ2n) is 14.8. The molecule has 12 N–H and O–H groups in total. The predicted octanol–water partition coefficient (Wildman–Crippen LogP) is -0.180. The number of amides is 2. The summed E-state index contributed by atoms with van der Waals surface area (Å²) in [6.45, 7) is 3.43. The Bertz CT molecular complexity index is 2720. The zero-order valence-electron chi connectivity index (χ0n) is 37.7. The summed E-state index contributed by atoms with van der Waals surface area (Å²) in [7, 11) is -2.84. The SMILES string of the molecule is Nc1nc2c(c(=O)[nH]1)N(C=O)C(CNc1ccc(C(=O)N[C@@H](CCC(=O)O)C(=O)O)cc1)CN2.O=P1(N(CCCl)CCCl)NCCCO1.O=c1[nH]c(=O)n(C2CCCO2)cc1F.O=c1cc[nH]c(=O)[nH]1.[Ca]. The number of nitrogen functional groups attached to an aromatic ring is 1. The number of H-pyrrole nitrogens is 4. The standard InChI is InChI=1S/C20H23N7O7.C8H9FN2O3.C7H15Cl2N2O2P.C4H4N2O2.Ca/c21-20-25-16-15(18(32)26-20)27(9-28)12(8-23-16)7-22-11-3-1-10(2-4-11)17(31)24-13(19(33)34)5-6-14(29)30;9-5-4-11(6-2-1-3-14-6)8(13)10-7(5)12;8-2-5-11(6-3-9)14(12)10-4-1-7-13-14;7-3-1-2-5-4(8)6-3;/h1-4,9,12-13,22H,5-8H2,(H,24,31)(H,29,30)(H,33,34)(H4,21,23,25,26,32);4,6H,1-3H2,(H,10,12,13);1-7H2,(H,10,12);1-2H,(H2,5,6,7,8);/t12?,13-;;;;/m0..../s1. The quantitative estimate of drug-likeness (QED) is 0.0300. The first-order valence-electron chi connectivity index (χ1n) is 21.1. The van der Waals surface area contributed by atoms with E-state index in [1.165, 1.54) is 29.3 Å². The molecule has 6 heterocycles. The van der Waals surface area contributed by atoms with Crippen molar-refractivity contribution in [3.63, 3.8) is 0 Å². The van der Waals surface area contributed by atoms with Gasteiger partial charge in [-0.15, -0.1) is 23.2 Å². The number of nitrogens with two attached hydrogens (primary N) is 1. The molecule has 71 heavy (non-hydrogen) atoms. The molecule has 1 aromatic carbocycles. The number of carbonyl (C=O) groups is 4. The number of benzene rings is 1. The molecule has 32 heteroatoms. The molecule has 0 aliphatic carbocycles. The summed E-state index contributed by atoms with van der Waals surface area (Å²) in [4.78, 5) is 114. The Morgan fingerprint density at radius 1 is 1.01 bits per heavy atom. The van der Waals surface area contributed by atoms with Gasteiger partial charge < -0.3 is 51.0 Å². The average molecular weight is 1090 g/mol. The maximum Gasteiger partial charge on any atom is 0.343 e. The van der Waals surface area contributed by atoms with Crippen molar-refractivity contribution in [3.8, 4) is 0 Å². The molecule has 3 aliphatic heterocycles. The first kappa shape index (κ1) is 59.9. The Morgan fingerprint density at radius 3 is 2.27 bits per heavy atom. The molecule has 3 unspecified atom stereocenters. The average Bonchev–Trinajstić information content (AvgIpc) is 3.86. The second kappa shape index (κ2) is 29.8. The fraction of sp³-hybridized carbons (Fsp3) is 0.436. The Kier molecular flexibility index (Phi) is 25.1. The molecule has 3 aromatic heterocycles. The van der Waals surface area contributed by atoms with E-state index in [4.69, 9.17) is 43.3 Å². The summed E-state index contributed by atoms with van der Waals surface area (Å²) in [6, 6.07) is 5.60. The first-order chi connectivity index (χ1) is 33.4. The minimum Gasteiger partial charge on any atom is -0.481 e. The molecule has 0 bridgehead atoms. The molecule has 4 aromatic rings. The van der Waals surface area contributed by atoms with Crippen LogP contribution in [-0.4, -0.2) is 176 Å². The molecule has 2 saturated heterocycles. The van der Waals surface area contributed by atoms with Crippen LogP contribution >= 0.6 is 30.9 Å². The summed E-state index contributed by atoms with van der Waals surface area (Å²) in [5.74, 6) is -3.13. The third-order valence-corrected chi connectivity index (χ3v) is 12.5. The van der Waals surface area contributed by atoms with Crippen molar-refractivity contribution in [1.29, 1.82) is 0 Å². The van der Waals surface area contributed by atoms with Gasteiger partial charge in [-0.2, -0.15) is 9.37 Å². The summed E-state index contributed by atoms with van der Waals surface area (Å²) in [5.41, 5.74) is 3.35. The van der Waals surface area contributed by atoms with Crippen LogP contribution in [-0.2, 0) is 28.2 Å². The van der Waals surface area contributed by atoms with Crippen molar-refractivity contribution in [2.45, 2.75) is 50.4 Å². The van der Waals surface area contributed by atoms with Crippen LogP contribution in [0.3, 0.4) is 0 Å². The normalized spacial score (nSPS) is 18.2. The molecule has 0 spiro atoms. The van der Waals surface area contributed by atoms with E-state index >= 15 is 0 Å². The van der Waals surface area contributed by atoms with E-state index in [0.717, 1.165) is 30.2 Å². The van der Waals surface area contributed by atoms with Crippen LogP contribution in [0, 0.1) is 5.82 Å². The Balaban J connectivity index is 0.000000294. The number of carboxylic acids is 2. The molecule has 2 amide bonds. The van der Waals surface area contributed by atoms with E-state index in [0.29, 0.717) is 63.1 Å². The van der Waals surface area contributed by atoms with Crippen LogP contribution in [0.2, 0.25) is 0 Å². The van der Waals surface area contributed by atoms with Crippen LogP contribution in [0.4, 0.5) is 27.5 Å². The van der Waals surface area contributed by atoms with Crippen molar-refractivity contribution in [1.82, 2.24) is 44.6 Å². The fourth-order valence-corrected chi connectivity index (χ4v) is 9.15. The molecule has 7 rings (SSSR count). The van der Waals surface area contributed by atoms with Gasteiger partial charge in [0, 0.05) is 119 Å². The van der Waals surface area contributed by atoms with Gasteiger partial charge in [0.25, 0.3) is 22.6 Å². The van der Waals surface area contributed by atoms with Crippen molar-refractivity contribution < 1.29 is 47.6 Å². The van der Waals surface area contributed by atoms with Gasteiger partial charge in [0.05, 0.1) is 18.8 Å². The largest absolute Gasteiger partial charge is 0.481 e. The Hall–Kier alpha value is -5.42. The third kappa shape index (κ3) is 18.6. The van der Waals surface area contributed by atoms with E-state index < -0.39 is 78.6 Å². The van der Waals surface area contributed by atoms with Crippen LogP contribution in [0.5, 0.6) is 0 Å². The molecule has 3 aliphatic rings. The van der Waals surface area contributed by atoms with Gasteiger partial charge >= 0.3 is 31.0 Å². The maximum absolute atomic E-state index is 12.9. The number of carboxylic acid groups (broad SMARTS) is 2. The van der Waals surface area contributed by atoms with Crippen LogP contribution in [0.25, 0.3) is 0 Å². The van der Waals surface area contributed by atoms with Crippen molar-refractivity contribution >= 4 is 116 Å². The van der Waals surface area contributed by atoms with Gasteiger partial charge in [0.1, 0.15) is 12.3 Å². The van der Waals surface area contributed by atoms with Gasteiger partial charge in [-0.05, 0) is 49.9 Å². The fourth-order valence-electron chi connectivity index (χ4n) is 6.51. The van der Waals surface area contributed by atoms with Crippen molar-refractivity contribution in [2.75, 3.05) is 79.0 Å². The van der Waals surface area contributed by atoms with E-state index in [2.05, 4.69) is 36.0 Å². The maximum atomic E-state index is 12.9. The predicted molar refractivity (Wildman–Crippen MR) is 259 cm³/mol. The number of aromatic amines is 4. The number of alkyl halides is 2. The zero-order chi connectivity index (χ0) is 51.4. The summed E-state index contributed by atoms with van der Waals surface area (Å²) >= 11 is 11.2. The molecule has 384 valence electrons. The number of anilines is 4. The number of nitrogens with zero attached hydrogens (tertiary/aromatic N) is 4. The molecule has 27 nitrogen and oxygen atoms in total.